The highest BCUT2D eigenvalue weighted by Gasteiger charge is 2.57. The van der Waals surface area contributed by atoms with Crippen LogP contribution in [0.1, 0.15) is 28.5 Å². The minimum Gasteiger partial charge on any atom is -0.489 e. The highest BCUT2D eigenvalue weighted by Crippen LogP contribution is 2.47. The van der Waals surface area contributed by atoms with Crippen molar-refractivity contribution in [3.05, 3.63) is 83.4 Å². The van der Waals surface area contributed by atoms with Crippen molar-refractivity contribution in [3.8, 4) is 17.0 Å². The lowest BCUT2D eigenvalue weighted by Gasteiger charge is -2.31. The maximum Gasteiger partial charge on any atom is 0.424 e. The quantitative estimate of drug-likeness (QED) is 0.211. The molecule has 0 saturated carbocycles. The third-order valence-electron chi connectivity index (χ3n) is 7.55. The van der Waals surface area contributed by atoms with E-state index in [1.165, 1.54) is 43.5 Å². The molecule has 0 spiro atoms. The number of amides is 3. The molecule has 5 N–H and O–H groups in total. The number of nitrogens with two attached hydrogens (primary N) is 1. The van der Waals surface area contributed by atoms with Gasteiger partial charge in [0.05, 0.1) is 23.4 Å². The molecule has 16 heteroatoms. The van der Waals surface area contributed by atoms with E-state index >= 15 is 0 Å². The molecule has 0 fully saturated rings. The number of carbonyl (C=O) groups is 3. The number of hydrogen-bond donors (Lipinski definition) is 4. The van der Waals surface area contributed by atoms with Crippen LogP contribution in [-0.2, 0) is 20.6 Å². The molecular weight excluding hydrogens is 624 g/mol. The van der Waals surface area contributed by atoms with Gasteiger partial charge in [0, 0.05) is 28.3 Å². The Labute approximate surface area is 255 Å². The molecule has 2 aromatic heterocycles. The van der Waals surface area contributed by atoms with E-state index in [9.17, 15) is 45.8 Å². The lowest BCUT2D eigenvalue weighted by Crippen LogP contribution is -2.51. The van der Waals surface area contributed by atoms with Crippen LogP contribution >= 0.6 is 0 Å². The molecule has 3 heterocycles. The zero-order chi connectivity index (χ0) is 33.6. The number of nitrogens with one attached hydrogen (secondary N) is 2. The van der Waals surface area contributed by atoms with Gasteiger partial charge in [-0.1, -0.05) is 6.07 Å². The Kier molecular flexibility index (Phi) is 8.10. The van der Waals surface area contributed by atoms with Gasteiger partial charge in [-0.25, -0.2) is 9.37 Å². The van der Waals surface area contributed by atoms with E-state index in [0.29, 0.717) is 0 Å². The minimum atomic E-state index is -5.48. The lowest BCUT2D eigenvalue weighted by molar-refractivity contribution is -0.265. The average molecular weight is 648 g/mol. The van der Waals surface area contributed by atoms with Gasteiger partial charge in [0.25, 0.3) is 11.8 Å². The Bertz CT molecular complexity index is 1870. The van der Waals surface area contributed by atoms with Gasteiger partial charge < -0.3 is 26.2 Å². The molecule has 240 valence electrons. The third kappa shape index (κ3) is 5.66. The van der Waals surface area contributed by atoms with Crippen molar-refractivity contribution in [1.29, 1.82) is 0 Å². The van der Waals surface area contributed by atoms with E-state index in [1.807, 2.05) is 10.6 Å². The first kappa shape index (κ1) is 32.2. The van der Waals surface area contributed by atoms with Crippen LogP contribution in [0.25, 0.3) is 22.2 Å². The Morgan fingerprint density at radius 1 is 1.11 bits per heavy atom. The number of fused-ring (bicyclic) bond motifs is 2. The summed E-state index contributed by atoms with van der Waals surface area (Å²) in [6.07, 6.45) is -7.60. The number of anilines is 1. The molecule has 3 amide bonds. The monoisotopic (exact) mass is 647 g/mol. The molecule has 1 aliphatic heterocycles. The van der Waals surface area contributed by atoms with E-state index in [0.717, 1.165) is 24.3 Å². The van der Waals surface area contributed by atoms with Gasteiger partial charge in [-0.2, -0.15) is 22.0 Å². The first-order chi connectivity index (χ1) is 21.5. The van der Waals surface area contributed by atoms with Gasteiger partial charge in [0.1, 0.15) is 29.3 Å². The summed E-state index contributed by atoms with van der Waals surface area (Å²) in [6, 6.07) is 10.2. The topological polar surface area (TPSA) is 157 Å². The van der Waals surface area contributed by atoms with Crippen LogP contribution in [0.15, 0.2) is 60.8 Å². The molecular formula is C30H23F6N5O5. The van der Waals surface area contributed by atoms with Gasteiger partial charge in [-0.15, -0.1) is 0 Å². The fourth-order valence-corrected chi connectivity index (χ4v) is 4.85. The zero-order valence-electron chi connectivity index (χ0n) is 23.6. The van der Waals surface area contributed by atoms with Crippen molar-refractivity contribution in [3.63, 3.8) is 0 Å². The first-order valence-corrected chi connectivity index (χ1v) is 13.3. The van der Waals surface area contributed by atoms with Crippen molar-refractivity contribution < 1.29 is 50.6 Å². The Morgan fingerprint density at radius 3 is 2.43 bits per heavy atom. The lowest BCUT2D eigenvalue weighted by atomic mass is 9.81. The van der Waals surface area contributed by atoms with Crippen LogP contribution in [0.2, 0.25) is 0 Å². The number of pyridine rings is 2. The minimum absolute atomic E-state index is 0.0234. The normalized spacial score (nSPS) is 17.2. The Balaban J connectivity index is 1.57. The number of aromatic nitrogens is 2. The van der Waals surface area contributed by atoms with Gasteiger partial charge in [0.15, 0.2) is 0 Å². The number of halogens is 6. The van der Waals surface area contributed by atoms with E-state index in [2.05, 4.69) is 9.97 Å². The summed E-state index contributed by atoms with van der Waals surface area (Å²) in [5.74, 6) is -4.60. The van der Waals surface area contributed by atoms with Gasteiger partial charge in [-0.05, 0) is 55.5 Å². The predicted octanol–water partition coefficient (Wildman–Crippen LogP) is 3.95. The Morgan fingerprint density at radius 2 is 1.80 bits per heavy atom. The molecule has 10 nitrogen and oxygen atoms in total. The number of ether oxygens (including phenoxy) is 1. The fourth-order valence-electron chi connectivity index (χ4n) is 4.85. The number of carbonyl (C=O) groups excluding carboxylic acids is 3. The van der Waals surface area contributed by atoms with Gasteiger partial charge in [-0.3, -0.25) is 19.4 Å². The van der Waals surface area contributed by atoms with Gasteiger partial charge in [0.2, 0.25) is 11.5 Å². The molecule has 46 heavy (non-hydrogen) atoms. The molecule has 5 rings (SSSR count). The number of primary amides is 1. The molecule has 2 aromatic carbocycles. The van der Waals surface area contributed by atoms with Crippen LogP contribution in [0.3, 0.4) is 0 Å². The molecule has 0 unspecified atom stereocenters. The van der Waals surface area contributed by atoms with Crippen LogP contribution in [0.5, 0.6) is 5.75 Å². The number of aliphatic hydroxyl groups is 1. The predicted molar refractivity (Wildman–Crippen MR) is 150 cm³/mol. The average Bonchev–Trinajstić information content (AvgIpc) is 3.36. The number of nitrogens with zero attached hydrogens (tertiary/aromatic N) is 2. The van der Waals surface area contributed by atoms with Crippen LogP contribution < -0.4 is 21.1 Å². The molecule has 0 radical (unpaired) electrons. The third-order valence-corrected chi connectivity index (χ3v) is 7.55. The summed E-state index contributed by atoms with van der Waals surface area (Å²) in [5.41, 5.74) is -1.94. The number of rotatable bonds is 8. The summed E-state index contributed by atoms with van der Waals surface area (Å²) < 4.78 is 89.2. The van der Waals surface area contributed by atoms with E-state index in [4.69, 9.17) is 10.5 Å². The van der Waals surface area contributed by atoms with Crippen molar-refractivity contribution in [2.24, 2.45) is 5.73 Å². The summed E-state index contributed by atoms with van der Waals surface area (Å²) in [5, 5.41) is 15.3. The highest BCUT2D eigenvalue weighted by molar-refractivity contribution is 6.06. The number of benzene rings is 2. The summed E-state index contributed by atoms with van der Waals surface area (Å²) in [6.45, 7) is -0.547. The first-order valence-electron chi connectivity index (χ1n) is 13.3. The van der Waals surface area contributed by atoms with E-state index in [-0.39, 0.29) is 51.3 Å². The van der Waals surface area contributed by atoms with Crippen molar-refractivity contribution in [2.75, 3.05) is 18.5 Å². The SMILES string of the molecule is C[C@]1(C(N)=O)COc2c1cc([C@@](O)(CNC(=O)c1cc(NC(=O)C(F)F)c3ncccc3c1)C(F)(F)F)nc2-c1ccc(F)cc1. The molecule has 2 atom stereocenters. The largest absolute Gasteiger partial charge is 0.489 e. The molecule has 1 aliphatic rings. The fraction of sp³-hybridized carbons (Fsp3) is 0.233. The van der Waals surface area contributed by atoms with Crippen molar-refractivity contribution in [1.82, 2.24) is 15.3 Å². The maximum atomic E-state index is 14.7. The Hall–Kier alpha value is -5.25. The van der Waals surface area contributed by atoms with Crippen LogP contribution in [-0.4, -0.2) is 58.5 Å². The highest BCUT2D eigenvalue weighted by atomic mass is 19.4. The standard InChI is InChI=1S/C30H23F6N5O5/c1-28(27(37)44)13-46-23-18(28)11-20(41-22(23)14-4-6-17(31)7-5-14)29(45,30(34,35)36)12-39-25(42)16-9-15-3-2-8-38-21(15)19(10-16)40-26(43)24(32)33/h2-11,24,45H,12-13H2,1H3,(H2,37,44)(H,39,42)(H,40,43)/t28-,29-/m0/s1. The second-order valence-corrected chi connectivity index (χ2v) is 10.7. The smallest absolute Gasteiger partial charge is 0.424 e. The maximum absolute atomic E-state index is 14.7. The van der Waals surface area contributed by atoms with Crippen LogP contribution in [0.4, 0.5) is 32.0 Å². The second-order valence-electron chi connectivity index (χ2n) is 10.7. The molecule has 0 aliphatic carbocycles. The summed E-state index contributed by atoms with van der Waals surface area (Å²) in [7, 11) is 0. The van der Waals surface area contributed by atoms with Crippen molar-refractivity contribution >= 4 is 34.3 Å². The zero-order valence-corrected chi connectivity index (χ0v) is 23.6. The number of hydrogen-bond acceptors (Lipinski definition) is 7. The van der Waals surface area contributed by atoms with E-state index in [1.54, 1.807) is 0 Å². The number of alkyl halides is 5. The molecule has 4 aromatic rings. The second kappa shape index (κ2) is 11.6. The summed E-state index contributed by atoms with van der Waals surface area (Å²) >= 11 is 0. The van der Waals surface area contributed by atoms with Gasteiger partial charge >= 0.3 is 12.6 Å². The van der Waals surface area contributed by atoms with Crippen LogP contribution in [0, 0.1) is 5.82 Å². The van der Waals surface area contributed by atoms with E-state index < -0.39 is 59.4 Å². The van der Waals surface area contributed by atoms with Crippen molar-refractivity contribution in [2.45, 2.75) is 30.5 Å². The molecule has 0 bridgehead atoms. The molecule has 0 saturated heterocycles. The summed E-state index contributed by atoms with van der Waals surface area (Å²) in [4.78, 5) is 45.2.